The van der Waals surface area contributed by atoms with Crippen LogP contribution in [0.1, 0.15) is 6.42 Å². The molecule has 0 saturated heterocycles. The fourth-order valence-electron chi connectivity index (χ4n) is 2.62. The highest BCUT2D eigenvalue weighted by Crippen LogP contribution is 2.51. The fraction of sp³-hybridized carbons (Fsp3) is 0.125. The van der Waals surface area contributed by atoms with Gasteiger partial charge in [0.15, 0.2) is 0 Å². The highest BCUT2D eigenvalue weighted by Gasteiger charge is 2.35. The number of carbonyl (C=O) groups is 1. The summed E-state index contributed by atoms with van der Waals surface area (Å²) < 4.78 is 5.05. The second kappa shape index (κ2) is 3.93. The number of amides is 1. The predicted octanol–water partition coefficient (Wildman–Crippen LogP) is 2.54. The van der Waals surface area contributed by atoms with Gasteiger partial charge in [0, 0.05) is 11.6 Å². The van der Waals surface area contributed by atoms with Crippen LogP contribution in [0.2, 0.25) is 0 Å². The smallest absolute Gasteiger partial charge is 0.257 e. The number of aromatic nitrogens is 1. The molecule has 4 rings (SSSR count). The molecule has 0 aliphatic heterocycles. The Balaban J connectivity index is 1.60. The number of anilines is 1. The van der Waals surface area contributed by atoms with Crippen molar-refractivity contribution in [2.24, 2.45) is 0 Å². The molecule has 20 heavy (non-hydrogen) atoms. The number of ether oxygens (including phenoxy) is 1. The van der Waals surface area contributed by atoms with E-state index in [0.717, 1.165) is 12.0 Å². The minimum atomic E-state index is -0.134. The lowest BCUT2D eigenvalue weighted by atomic mass is 10.1. The van der Waals surface area contributed by atoms with Gasteiger partial charge in [-0.3, -0.25) is 4.79 Å². The van der Waals surface area contributed by atoms with Gasteiger partial charge in [-0.25, -0.2) is 0 Å². The van der Waals surface area contributed by atoms with Crippen molar-refractivity contribution in [3.05, 3.63) is 64.3 Å². The molecule has 0 radical (unpaired) electrons. The van der Waals surface area contributed by atoms with Gasteiger partial charge in [0.1, 0.15) is 5.82 Å². The van der Waals surface area contributed by atoms with Gasteiger partial charge in [-0.1, -0.05) is 12.1 Å². The molecule has 3 aliphatic carbocycles. The number of methoxy groups -OCH3 is 1. The molecule has 1 saturated carbocycles. The van der Waals surface area contributed by atoms with Crippen molar-refractivity contribution in [3.8, 4) is 5.88 Å². The van der Waals surface area contributed by atoms with Crippen molar-refractivity contribution in [2.45, 2.75) is 6.42 Å². The van der Waals surface area contributed by atoms with Crippen LogP contribution in [0.4, 0.5) is 5.82 Å². The quantitative estimate of drug-likeness (QED) is 0.912. The van der Waals surface area contributed by atoms with Crippen LogP contribution in [0.25, 0.3) is 0 Å². The van der Waals surface area contributed by atoms with E-state index in [2.05, 4.69) is 16.4 Å². The zero-order chi connectivity index (χ0) is 13.7. The summed E-state index contributed by atoms with van der Waals surface area (Å²) in [4.78, 5) is 16.5. The number of carbonyl (C=O) groups excluding carboxylic acids is 1. The number of fused-ring (bicyclic) bond motifs is 2. The number of nitrogens with one attached hydrogen (secondary N) is 1. The molecule has 0 spiro atoms. The van der Waals surface area contributed by atoms with E-state index in [1.807, 2.05) is 12.2 Å². The molecule has 1 N–H and O–H groups in total. The highest BCUT2D eigenvalue weighted by molar-refractivity contribution is 6.08. The second-order valence-corrected chi connectivity index (χ2v) is 4.92. The van der Waals surface area contributed by atoms with E-state index in [1.165, 1.54) is 16.7 Å². The minimum Gasteiger partial charge on any atom is -0.481 e. The first-order valence-corrected chi connectivity index (χ1v) is 6.45. The number of rotatable bonds is 3. The van der Waals surface area contributed by atoms with Gasteiger partial charge in [-0.15, -0.1) is 0 Å². The van der Waals surface area contributed by atoms with Gasteiger partial charge in [0.05, 0.1) is 7.11 Å². The standard InChI is InChI=1S/C16H12N2O2/c1-20-15-4-2-3-14(17-15)18-16(19)11-6-5-10-12-7-9(12)8-13(10)11/h2-6,8H,7H2,1H3,(H,17,18,19). The van der Waals surface area contributed by atoms with Gasteiger partial charge >= 0.3 is 0 Å². The first kappa shape index (κ1) is 11.2. The Kier molecular flexibility index (Phi) is 2.21. The van der Waals surface area contributed by atoms with Crippen molar-refractivity contribution in [2.75, 3.05) is 12.4 Å². The van der Waals surface area contributed by atoms with Crippen LogP contribution in [0.15, 0.2) is 64.3 Å². The van der Waals surface area contributed by atoms with Crippen LogP contribution in [0, 0.1) is 0 Å². The van der Waals surface area contributed by atoms with Crippen LogP contribution in [-0.2, 0) is 4.79 Å². The van der Waals surface area contributed by atoms with Crippen LogP contribution in [0.5, 0.6) is 5.88 Å². The van der Waals surface area contributed by atoms with Gasteiger partial charge in [-0.2, -0.15) is 4.98 Å². The molecule has 1 amide bonds. The fourth-order valence-corrected chi connectivity index (χ4v) is 2.62. The number of hydrogen-bond donors (Lipinski definition) is 1. The molecule has 0 unspecified atom stereocenters. The molecular formula is C16H12N2O2. The van der Waals surface area contributed by atoms with Crippen LogP contribution < -0.4 is 10.1 Å². The number of pyridine rings is 1. The van der Waals surface area contributed by atoms with E-state index < -0.39 is 0 Å². The Hall–Kier alpha value is -2.62. The van der Waals surface area contributed by atoms with Crippen LogP contribution in [0.3, 0.4) is 0 Å². The summed E-state index contributed by atoms with van der Waals surface area (Å²) in [5, 5.41) is 2.81. The maximum Gasteiger partial charge on any atom is 0.257 e. The average molecular weight is 264 g/mol. The highest BCUT2D eigenvalue weighted by atomic mass is 16.5. The Morgan fingerprint density at radius 3 is 3.05 bits per heavy atom. The third-order valence-corrected chi connectivity index (χ3v) is 3.69. The maximum absolute atomic E-state index is 12.3. The third-order valence-electron chi connectivity index (χ3n) is 3.69. The monoisotopic (exact) mass is 264 g/mol. The van der Waals surface area contributed by atoms with Crippen molar-refractivity contribution in [3.63, 3.8) is 0 Å². The lowest BCUT2D eigenvalue weighted by molar-refractivity contribution is -0.112. The molecular weight excluding hydrogens is 252 g/mol. The van der Waals surface area contributed by atoms with Gasteiger partial charge < -0.3 is 10.1 Å². The van der Waals surface area contributed by atoms with E-state index in [4.69, 9.17) is 4.74 Å². The number of hydrogen-bond acceptors (Lipinski definition) is 3. The minimum absolute atomic E-state index is 0.134. The molecule has 3 aliphatic rings. The van der Waals surface area contributed by atoms with Crippen molar-refractivity contribution >= 4 is 11.7 Å². The normalized spacial score (nSPS) is 17.9. The Morgan fingerprint density at radius 1 is 1.30 bits per heavy atom. The van der Waals surface area contributed by atoms with Crippen molar-refractivity contribution < 1.29 is 9.53 Å². The predicted molar refractivity (Wildman–Crippen MR) is 75.3 cm³/mol. The van der Waals surface area contributed by atoms with Crippen LogP contribution in [-0.4, -0.2) is 18.0 Å². The van der Waals surface area contributed by atoms with Crippen molar-refractivity contribution in [1.82, 2.24) is 4.98 Å². The third kappa shape index (κ3) is 1.61. The van der Waals surface area contributed by atoms with E-state index in [-0.39, 0.29) is 5.91 Å². The average Bonchev–Trinajstić information content (AvgIpc) is 2.94. The lowest BCUT2D eigenvalue weighted by Gasteiger charge is -2.07. The Bertz CT molecular complexity index is 766. The SMILES string of the molecule is COc1cccc(NC(=O)C2=C3C=C4CC4=C3C=C2)n1. The van der Waals surface area contributed by atoms with Crippen molar-refractivity contribution in [1.29, 1.82) is 0 Å². The first-order valence-electron chi connectivity index (χ1n) is 6.45. The van der Waals surface area contributed by atoms with E-state index in [9.17, 15) is 4.79 Å². The maximum atomic E-state index is 12.3. The van der Waals surface area contributed by atoms with E-state index in [1.54, 1.807) is 25.3 Å². The Morgan fingerprint density at radius 2 is 2.20 bits per heavy atom. The first-order chi connectivity index (χ1) is 9.76. The summed E-state index contributed by atoms with van der Waals surface area (Å²) in [5.41, 5.74) is 5.71. The summed E-state index contributed by atoms with van der Waals surface area (Å²) in [6, 6.07) is 5.28. The molecule has 4 heteroatoms. The molecule has 4 nitrogen and oxygen atoms in total. The van der Waals surface area contributed by atoms with Gasteiger partial charge in [0.25, 0.3) is 5.91 Å². The molecule has 0 aromatic carbocycles. The topological polar surface area (TPSA) is 51.2 Å². The largest absolute Gasteiger partial charge is 0.481 e. The van der Waals surface area contributed by atoms with E-state index >= 15 is 0 Å². The summed E-state index contributed by atoms with van der Waals surface area (Å²) in [6.07, 6.45) is 7.09. The van der Waals surface area contributed by atoms with Gasteiger partial charge in [-0.05, 0) is 46.9 Å². The molecule has 1 aromatic heterocycles. The summed E-state index contributed by atoms with van der Waals surface area (Å²) in [5.74, 6) is 0.841. The molecule has 1 heterocycles. The summed E-state index contributed by atoms with van der Waals surface area (Å²) >= 11 is 0. The lowest BCUT2D eigenvalue weighted by Crippen LogP contribution is -2.14. The molecule has 0 atom stereocenters. The summed E-state index contributed by atoms with van der Waals surface area (Å²) in [7, 11) is 1.55. The number of nitrogens with zero attached hydrogens (tertiary/aromatic N) is 1. The molecule has 0 bridgehead atoms. The van der Waals surface area contributed by atoms with E-state index in [0.29, 0.717) is 17.3 Å². The zero-order valence-corrected chi connectivity index (χ0v) is 10.9. The zero-order valence-electron chi connectivity index (χ0n) is 10.9. The van der Waals surface area contributed by atoms with Gasteiger partial charge in [0.2, 0.25) is 5.88 Å². The molecule has 98 valence electrons. The number of allylic oxidation sites excluding steroid dienone is 6. The van der Waals surface area contributed by atoms with Crippen LogP contribution >= 0.6 is 0 Å². The molecule has 1 aromatic rings. The summed E-state index contributed by atoms with van der Waals surface area (Å²) in [6.45, 7) is 0. The Labute approximate surface area is 116 Å². The molecule has 1 fully saturated rings. The second-order valence-electron chi connectivity index (χ2n) is 4.92.